The summed E-state index contributed by atoms with van der Waals surface area (Å²) >= 11 is 0. The van der Waals surface area contributed by atoms with Gasteiger partial charge in [-0.05, 0) is 43.9 Å². The van der Waals surface area contributed by atoms with Gasteiger partial charge in [-0.3, -0.25) is 14.4 Å². The van der Waals surface area contributed by atoms with E-state index in [2.05, 4.69) is 0 Å². The largest absolute Gasteiger partial charge is 0.508 e. The van der Waals surface area contributed by atoms with Gasteiger partial charge in [-0.1, -0.05) is 26.8 Å². The summed E-state index contributed by atoms with van der Waals surface area (Å²) in [6.45, 7) is 5.70. The van der Waals surface area contributed by atoms with Gasteiger partial charge in [0.05, 0.1) is 11.5 Å². The van der Waals surface area contributed by atoms with Gasteiger partial charge in [0.15, 0.2) is 17.1 Å². The van der Waals surface area contributed by atoms with Gasteiger partial charge < -0.3 is 20.1 Å². The average Bonchev–Trinajstić information content (AvgIpc) is 2.98. The van der Waals surface area contributed by atoms with Crippen LogP contribution in [0.5, 0.6) is 0 Å². The lowest BCUT2D eigenvalue weighted by molar-refractivity contribution is -0.218. The normalized spacial score (nSPS) is 46.0. The first-order valence-corrected chi connectivity index (χ1v) is 11.4. The maximum absolute atomic E-state index is 17.2. The second kappa shape index (κ2) is 7.34. The molecule has 0 unspecified atom stereocenters. The molecule has 0 bridgehead atoms. The Kier molecular flexibility index (Phi) is 5.30. The summed E-state index contributed by atoms with van der Waals surface area (Å²) in [5.74, 6) is -4.09. The molecule has 2 fully saturated rings. The van der Waals surface area contributed by atoms with E-state index in [0.717, 1.165) is 0 Å². The highest BCUT2D eigenvalue weighted by Crippen LogP contribution is 2.70. The Labute approximate surface area is 192 Å². The molecule has 0 aliphatic heterocycles. The first kappa shape index (κ1) is 23.8. The van der Waals surface area contributed by atoms with Crippen molar-refractivity contribution in [2.75, 3.05) is 6.61 Å². The fourth-order valence-electron chi connectivity index (χ4n) is 7.34. The van der Waals surface area contributed by atoms with E-state index >= 15 is 4.39 Å². The van der Waals surface area contributed by atoms with E-state index in [1.165, 1.54) is 24.3 Å². The molecule has 8 heteroatoms. The molecule has 0 radical (unpaired) electrons. The number of hydrogen-bond donors (Lipinski definition) is 3. The fourth-order valence-corrected chi connectivity index (χ4v) is 7.34. The van der Waals surface area contributed by atoms with Crippen LogP contribution in [0.4, 0.5) is 4.39 Å². The third kappa shape index (κ3) is 2.71. The lowest BCUT2D eigenvalue weighted by Gasteiger charge is -2.61. The number of allylic oxidation sites excluding steroid dienone is 5. The molecule has 0 heterocycles. The molecule has 0 aromatic carbocycles. The van der Waals surface area contributed by atoms with Crippen LogP contribution in [0.2, 0.25) is 0 Å². The van der Waals surface area contributed by atoms with Gasteiger partial charge in [-0.15, -0.1) is 0 Å². The molecule has 33 heavy (non-hydrogen) atoms. The van der Waals surface area contributed by atoms with E-state index in [0.29, 0.717) is 0 Å². The Bertz CT molecular complexity index is 1010. The molecule has 0 aromatic heterocycles. The van der Waals surface area contributed by atoms with E-state index in [-0.39, 0.29) is 36.4 Å². The number of hydrogen-bond acceptors (Lipinski definition) is 7. The molecule has 7 nitrogen and oxygen atoms in total. The molecule has 0 amide bonds. The molecule has 3 N–H and O–H groups in total. The van der Waals surface area contributed by atoms with Crippen LogP contribution in [0.15, 0.2) is 35.6 Å². The van der Waals surface area contributed by atoms with Gasteiger partial charge in [-0.25, -0.2) is 4.39 Å². The Balaban J connectivity index is 1.93. The number of esters is 1. The highest BCUT2D eigenvalue weighted by Gasteiger charge is 2.77. The quantitative estimate of drug-likeness (QED) is 0.549. The highest BCUT2D eigenvalue weighted by molar-refractivity contribution is 6.02. The first-order chi connectivity index (χ1) is 15.3. The van der Waals surface area contributed by atoms with Crippen molar-refractivity contribution in [2.45, 2.75) is 64.3 Å². The number of ether oxygens (including phenoxy) is 1. The van der Waals surface area contributed by atoms with Gasteiger partial charge in [-0.2, -0.15) is 0 Å². The Hall–Kier alpha value is -2.32. The smallest absolute Gasteiger partial charge is 0.306 e. The number of aliphatic hydroxyl groups is 3. The van der Waals surface area contributed by atoms with Crippen LogP contribution < -0.4 is 0 Å². The standard InChI is InChI=1S/C25H31FO7/c1-5-21(32)33-25(20(31)12-27)13(2)8-15-16-10-18(29)17-9-14(28)6-7-22(17,3)24(16,26)19(30)11-23(15,25)4/h6-7,9-10,13,15-16,19,27,29-30H,5,8,11-12H2,1-4H3/t13-,15-,16-,19-,22-,23-,24-,25+/m0/s1. The molecule has 4 rings (SSSR count). The minimum absolute atomic E-state index is 0.0126. The second-order valence-corrected chi connectivity index (χ2v) is 10.4. The van der Waals surface area contributed by atoms with Gasteiger partial charge in [0.25, 0.3) is 0 Å². The van der Waals surface area contributed by atoms with E-state index in [1.807, 2.05) is 0 Å². The van der Waals surface area contributed by atoms with E-state index in [1.54, 1.807) is 27.7 Å². The van der Waals surface area contributed by atoms with Crippen LogP contribution in [-0.4, -0.2) is 56.8 Å². The van der Waals surface area contributed by atoms with Crippen molar-refractivity contribution >= 4 is 17.5 Å². The maximum Gasteiger partial charge on any atom is 0.306 e. The number of ketones is 2. The molecule has 4 aliphatic carbocycles. The van der Waals surface area contributed by atoms with Crippen LogP contribution in [-0.2, 0) is 19.1 Å². The van der Waals surface area contributed by atoms with Crippen molar-refractivity contribution in [3.8, 4) is 0 Å². The summed E-state index contributed by atoms with van der Waals surface area (Å²) in [6, 6.07) is 0. The number of Topliss-reactive ketones (excluding diaryl/α,β-unsaturated/α-hetero) is 1. The lowest BCUT2D eigenvalue weighted by atomic mass is 9.46. The SMILES string of the molecule is CCC(=O)O[C@@]1(C(=O)CO)[C@@H](C)C[C@H]2[C@@H]3C=C(O)C4=CC(=O)C=C[C@]4(C)[C@@]3(F)[C@@H](O)C[C@@]21C. The zero-order valence-electron chi connectivity index (χ0n) is 19.3. The van der Waals surface area contributed by atoms with Crippen molar-refractivity contribution in [1.29, 1.82) is 0 Å². The summed E-state index contributed by atoms with van der Waals surface area (Å²) < 4.78 is 23.0. The summed E-state index contributed by atoms with van der Waals surface area (Å²) in [7, 11) is 0. The zero-order valence-corrected chi connectivity index (χ0v) is 19.3. The number of carbonyl (C=O) groups is 3. The third-order valence-corrected chi connectivity index (χ3v) is 8.95. The zero-order chi connectivity index (χ0) is 24.6. The number of fused-ring (bicyclic) bond motifs is 5. The Morgan fingerprint density at radius 3 is 2.58 bits per heavy atom. The average molecular weight is 463 g/mol. The van der Waals surface area contributed by atoms with Crippen molar-refractivity contribution in [1.82, 2.24) is 0 Å². The predicted molar refractivity (Wildman–Crippen MR) is 116 cm³/mol. The molecule has 2 saturated carbocycles. The fraction of sp³-hybridized carbons (Fsp3) is 0.640. The van der Waals surface area contributed by atoms with Crippen LogP contribution >= 0.6 is 0 Å². The maximum atomic E-state index is 17.2. The number of alkyl halides is 1. The van der Waals surface area contributed by atoms with E-state index in [4.69, 9.17) is 4.74 Å². The number of rotatable bonds is 4. The van der Waals surface area contributed by atoms with Crippen molar-refractivity contribution in [2.24, 2.45) is 28.6 Å². The van der Waals surface area contributed by atoms with Gasteiger partial charge >= 0.3 is 5.97 Å². The summed E-state index contributed by atoms with van der Waals surface area (Å²) in [6.07, 6.45) is 3.65. The second-order valence-electron chi connectivity index (χ2n) is 10.4. The molecular weight excluding hydrogens is 431 g/mol. The van der Waals surface area contributed by atoms with Crippen molar-refractivity contribution in [3.05, 3.63) is 35.6 Å². The molecule has 8 atom stereocenters. The van der Waals surface area contributed by atoms with Gasteiger partial charge in [0.1, 0.15) is 12.4 Å². The van der Waals surface area contributed by atoms with Crippen LogP contribution in [0, 0.1) is 28.6 Å². The van der Waals surface area contributed by atoms with Crippen molar-refractivity contribution < 1.29 is 38.8 Å². The van der Waals surface area contributed by atoms with E-state index in [9.17, 15) is 29.7 Å². The molecule has 0 saturated heterocycles. The van der Waals surface area contributed by atoms with Gasteiger partial charge in [0, 0.05) is 29.2 Å². The Morgan fingerprint density at radius 2 is 1.97 bits per heavy atom. The molecule has 180 valence electrons. The van der Waals surface area contributed by atoms with Crippen LogP contribution in [0.25, 0.3) is 0 Å². The first-order valence-electron chi connectivity index (χ1n) is 11.4. The van der Waals surface area contributed by atoms with Crippen LogP contribution in [0.3, 0.4) is 0 Å². The number of carbonyl (C=O) groups excluding carboxylic acids is 3. The molecule has 4 aliphatic rings. The van der Waals surface area contributed by atoms with E-state index < -0.39 is 64.3 Å². The Morgan fingerprint density at radius 1 is 1.30 bits per heavy atom. The number of halogens is 1. The molecular formula is C25H31FO7. The summed E-state index contributed by atoms with van der Waals surface area (Å²) in [5, 5.41) is 32.0. The lowest BCUT2D eigenvalue weighted by Crippen LogP contribution is -2.69. The summed E-state index contributed by atoms with van der Waals surface area (Å²) in [4.78, 5) is 37.5. The third-order valence-electron chi connectivity index (χ3n) is 8.95. The van der Waals surface area contributed by atoms with Crippen LogP contribution in [0.1, 0.15) is 47.0 Å². The minimum atomic E-state index is -2.28. The predicted octanol–water partition coefficient (Wildman–Crippen LogP) is 2.52. The highest BCUT2D eigenvalue weighted by atomic mass is 19.1. The number of aliphatic hydroxyl groups excluding tert-OH is 3. The topological polar surface area (TPSA) is 121 Å². The minimum Gasteiger partial charge on any atom is -0.508 e. The molecule has 0 aromatic rings. The monoisotopic (exact) mass is 462 g/mol. The summed E-state index contributed by atoms with van der Waals surface area (Å²) in [5.41, 5.74) is -6.57. The molecule has 0 spiro atoms. The van der Waals surface area contributed by atoms with Gasteiger partial charge in [0.2, 0.25) is 5.78 Å². The van der Waals surface area contributed by atoms with Crippen molar-refractivity contribution in [3.63, 3.8) is 0 Å².